The van der Waals surface area contributed by atoms with Crippen molar-refractivity contribution in [1.82, 2.24) is 14.8 Å². The minimum Gasteiger partial charge on any atom is -0.359 e. The summed E-state index contributed by atoms with van der Waals surface area (Å²) < 4.78 is 1.52. The first-order valence-corrected chi connectivity index (χ1v) is 6.47. The highest BCUT2D eigenvalue weighted by molar-refractivity contribution is 5.59. The van der Waals surface area contributed by atoms with Gasteiger partial charge in [-0.15, -0.1) is 0 Å². The molecule has 0 unspecified atom stereocenters. The molecule has 0 amide bonds. The van der Waals surface area contributed by atoms with Crippen LogP contribution in [0, 0.1) is 10.1 Å². The van der Waals surface area contributed by atoms with Crippen molar-refractivity contribution in [3.8, 4) is 0 Å². The van der Waals surface area contributed by atoms with Gasteiger partial charge in [0.2, 0.25) is 5.82 Å². The van der Waals surface area contributed by atoms with E-state index in [4.69, 9.17) is 0 Å². The second kappa shape index (κ2) is 6.14. The van der Waals surface area contributed by atoms with Crippen LogP contribution in [0.3, 0.4) is 0 Å². The fourth-order valence-electron chi connectivity index (χ4n) is 2.04. The lowest BCUT2D eigenvalue weighted by Gasteiger charge is -2.05. The lowest BCUT2D eigenvalue weighted by Crippen LogP contribution is -2.07. The highest BCUT2D eigenvalue weighted by Gasteiger charge is 2.25. The number of nitrogens with one attached hydrogen (secondary N) is 1. The Balaban J connectivity index is 2.24. The molecule has 106 valence electrons. The van der Waals surface area contributed by atoms with Gasteiger partial charge < -0.3 is 5.32 Å². The summed E-state index contributed by atoms with van der Waals surface area (Å²) in [5.41, 5.74) is 1.40. The molecule has 0 spiro atoms. The van der Waals surface area contributed by atoms with Gasteiger partial charge >= 0.3 is 5.69 Å². The van der Waals surface area contributed by atoms with Gasteiger partial charge in [-0.2, -0.15) is 5.10 Å². The summed E-state index contributed by atoms with van der Waals surface area (Å²) in [6.45, 7) is 2.40. The molecule has 7 nitrogen and oxygen atoms in total. The number of anilines is 1. The Hall–Kier alpha value is -2.44. The van der Waals surface area contributed by atoms with Crippen LogP contribution >= 0.6 is 0 Å². The smallest absolute Gasteiger partial charge is 0.334 e. The number of rotatable bonds is 6. The number of aromatic nitrogens is 3. The number of nitrogens with zero attached hydrogens (tertiary/aromatic N) is 4. The molecule has 2 rings (SSSR count). The van der Waals surface area contributed by atoms with Gasteiger partial charge in [-0.05, 0) is 18.6 Å². The summed E-state index contributed by atoms with van der Waals surface area (Å²) in [6.07, 6.45) is 3.10. The van der Waals surface area contributed by atoms with Crippen LogP contribution < -0.4 is 5.32 Å². The maximum absolute atomic E-state index is 11.2. The number of nitro groups is 1. The summed E-state index contributed by atoms with van der Waals surface area (Å²) in [5.74, 6) is 0.420. The average Bonchev–Trinajstić information content (AvgIpc) is 2.74. The van der Waals surface area contributed by atoms with Gasteiger partial charge in [-0.3, -0.25) is 15.1 Å². The van der Waals surface area contributed by atoms with E-state index in [2.05, 4.69) is 15.4 Å². The average molecular weight is 275 g/mol. The van der Waals surface area contributed by atoms with Gasteiger partial charge in [0.1, 0.15) is 5.69 Å². The summed E-state index contributed by atoms with van der Waals surface area (Å²) in [5, 5.41) is 18.5. The van der Waals surface area contributed by atoms with Crippen LogP contribution in [0.2, 0.25) is 0 Å². The molecule has 0 saturated carbocycles. The van der Waals surface area contributed by atoms with Crippen molar-refractivity contribution in [2.24, 2.45) is 7.05 Å². The van der Waals surface area contributed by atoms with Crippen LogP contribution in [0.1, 0.15) is 24.7 Å². The molecule has 7 heteroatoms. The van der Waals surface area contributed by atoms with Crippen molar-refractivity contribution in [3.63, 3.8) is 0 Å². The summed E-state index contributed by atoms with van der Waals surface area (Å²) in [4.78, 5) is 15.0. The maximum atomic E-state index is 11.2. The molecule has 0 aliphatic carbocycles. The van der Waals surface area contributed by atoms with Gasteiger partial charge in [-0.25, -0.2) is 4.68 Å². The fraction of sp³-hybridized carbons (Fsp3) is 0.385. The van der Waals surface area contributed by atoms with Crippen molar-refractivity contribution in [2.45, 2.75) is 26.3 Å². The molecule has 0 radical (unpaired) electrons. The van der Waals surface area contributed by atoms with Gasteiger partial charge in [0, 0.05) is 13.2 Å². The molecule has 0 atom stereocenters. The third-order valence-electron chi connectivity index (χ3n) is 2.92. The van der Waals surface area contributed by atoms with E-state index in [1.165, 1.54) is 4.68 Å². The summed E-state index contributed by atoms with van der Waals surface area (Å²) >= 11 is 0. The molecule has 2 aromatic heterocycles. The molecule has 0 bridgehead atoms. The van der Waals surface area contributed by atoms with E-state index in [1.807, 2.05) is 25.1 Å². The third-order valence-corrected chi connectivity index (χ3v) is 2.92. The van der Waals surface area contributed by atoms with Crippen LogP contribution in [0.4, 0.5) is 11.5 Å². The first-order valence-electron chi connectivity index (χ1n) is 6.47. The molecule has 0 fully saturated rings. The number of aryl methyl sites for hydroxylation is 2. The van der Waals surface area contributed by atoms with Gasteiger partial charge in [0.15, 0.2) is 0 Å². The van der Waals surface area contributed by atoms with E-state index in [1.54, 1.807) is 13.2 Å². The number of pyridine rings is 1. The van der Waals surface area contributed by atoms with Gasteiger partial charge in [0.05, 0.1) is 17.2 Å². The minimum atomic E-state index is -0.376. The zero-order valence-corrected chi connectivity index (χ0v) is 11.5. The Morgan fingerprint density at radius 2 is 2.25 bits per heavy atom. The van der Waals surface area contributed by atoms with E-state index in [-0.39, 0.29) is 10.6 Å². The quantitative estimate of drug-likeness (QED) is 0.645. The number of hydrogen-bond donors (Lipinski definition) is 1. The van der Waals surface area contributed by atoms with E-state index >= 15 is 0 Å². The van der Waals surface area contributed by atoms with Crippen LogP contribution in [0.25, 0.3) is 0 Å². The second-order valence-corrected chi connectivity index (χ2v) is 4.45. The van der Waals surface area contributed by atoms with Crippen molar-refractivity contribution < 1.29 is 4.92 Å². The lowest BCUT2D eigenvalue weighted by molar-refractivity contribution is -0.384. The van der Waals surface area contributed by atoms with Crippen LogP contribution in [-0.4, -0.2) is 19.7 Å². The Bertz CT molecular complexity index is 594. The normalized spacial score (nSPS) is 10.5. The van der Waals surface area contributed by atoms with Crippen molar-refractivity contribution in [1.29, 1.82) is 0 Å². The van der Waals surface area contributed by atoms with E-state index in [0.29, 0.717) is 24.5 Å². The highest BCUT2D eigenvalue weighted by atomic mass is 16.6. The predicted octanol–water partition coefficient (Wildman–Crippen LogP) is 2.29. The monoisotopic (exact) mass is 275 g/mol. The Labute approximate surface area is 116 Å². The number of hydrogen-bond acceptors (Lipinski definition) is 5. The third kappa shape index (κ3) is 2.93. The first-order chi connectivity index (χ1) is 9.63. The standard InChI is InChI=1S/C13H17N5O2/c1-3-6-11-12(18(19)20)13(17(2)16-11)15-9-10-7-4-5-8-14-10/h4-5,7-8,15H,3,6,9H2,1-2H3. The van der Waals surface area contributed by atoms with Crippen molar-refractivity contribution >= 4 is 11.5 Å². The van der Waals surface area contributed by atoms with Gasteiger partial charge in [-0.1, -0.05) is 19.4 Å². The molecule has 2 aromatic rings. The van der Waals surface area contributed by atoms with Crippen LogP contribution in [0.15, 0.2) is 24.4 Å². The molecule has 20 heavy (non-hydrogen) atoms. The summed E-state index contributed by atoms with van der Waals surface area (Å²) in [6, 6.07) is 5.57. The highest BCUT2D eigenvalue weighted by Crippen LogP contribution is 2.29. The zero-order valence-electron chi connectivity index (χ0n) is 11.5. The first kappa shape index (κ1) is 14.0. The predicted molar refractivity (Wildman–Crippen MR) is 75.4 cm³/mol. The molecule has 0 aromatic carbocycles. The van der Waals surface area contributed by atoms with Crippen molar-refractivity contribution in [2.75, 3.05) is 5.32 Å². The lowest BCUT2D eigenvalue weighted by atomic mass is 10.2. The molecule has 0 aliphatic rings. The Kier molecular flexibility index (Phi) is 4.29. The molecular formula is C13H17N5O2. The fourth-order valence-corrected chi connectivity index (χ4v) is 2.04. The van der Waals surface area contributed by atoms with Crippen molar-refractivity contribution in [3.05, 3.63) is 45.9 Å². The van der Waals surface area contributed by atoms with E-state index in [0.717, 1.165) is 12.1 Å². The van der Waals surface area contributed by atoms with Gasteiger partial charge in [0.25, 0.3) is 0 Å². The second-order valence-electron chi connectivity index (χ2n) is 4.45. The molecular weight excluding hydrogens is 258 g/mol. The zero-order chi connectivity index (χ0) is 14.5. The summed E-state index contributed by atoms with van der Waals surface area (Å²) in [7, 11) is 1.70. The molecule has 2 heterocycles. The molecule has 0 saturated heterocycles. The van der Waals surface area contributed by atoms with Crippen LogP contribution in [0.5, 0.6) is 0 Å². The van der Waals surface area contributed by atoms with Crippen LogP contribution in [-0.2, 0) is 20.0 Å². The largest absolute Gasteiger partial charge is 0.359 e. The SMILES string of the molecule is CCCc1nn(C)c(NCc2ccccn2)c1[N+](=O)[O-]. The maximum Gasteiger partial charge on any atom is 0.334 e. The molecule has 1 N–H and O–H groups in total. The van der Waals surface area contributed by atoms with E-state index < -0.39 is 0 Å². The topological polar surface area (TPSA) is 85.9 Å². The van der Waals surface area contributed by atoms with E-state index in [9.17, 15) is 10.1 Å². The molecule has 0 aliphatic heterocycles. The minimum absolute atomic E-state index is 0.0604. The Morgan fingerprint density at radius 1 is 1.45 bits per heavy atom. The Morgan fingerprint density at radius 3 is 2.85 bits per heavy atom.